The van der Waals surface area contributed by atoms with Gasteiger partial charge in [-0.05, 0) is 31.5 Å². The van der Waals surface area contributed by atoms with Crippen molar-refractivity contribution >= 4 is 34.3 Å². The molecule has 0 spiro atoms. The van der Waals surface area contributed by atoms with Crippen molar-refractivity contribution in [3.8, 4) is 5.88 Å². The number of hydrogen-bond donors (Lipinski definition) is 1. The van der Waals surface area contributed by atoms with E-state index in [9.17, 15) is 19.9 Å². The lowest BCUT2D eigenvalue weighted by Crippen LogP contribution is -2.48. The van der Waals surface area contributed by atoms with Crippen molar-refractivity contribution in [1.29, 1.82) is 0 Å². The Balaban J connectivity index is 1.30. The Morgan fingerprint density at radius 3 is 2.71 bits per heavy atom. The van der Waals surface area contributed by atoms with Gasteiger partial charge in [-0.25, -0.2) is 9.18 Å². The molecule has 0 saturated carbocycles. The van der Waals surface area contributed by atoms with Crippen LogP contribution >= 0.6 is 11.8 Å². The number of pyridine rings is 2. The van der Waals surface area contributed by atoms with Gasteiger partial charge in [0.05, 0.1) is 27.7 Å². The van der Waals surface area contributed by atoms with E-state index in [1.54, 1.807) is 22.8 Å². The molecular formula is C24H25FN4O5S. The lowest BCUT2D eigenvalue weighted by atomic mass is 10.1. The first-order valence-corrected chi connectivity index (χ1v) is 12.2. The Kier molecular flexibility index (Phi) is 6.06. The molecule has 1 saturated heterocycles. The van der Waals surface area contributed by atoms with Crippen LogP contribution in [0.4, 0.5) is 10.1 Å². The molecule has 4 heterocycles. The van der Waals surface area contributed by atoms with Crippen LogP contribution in [0.5, 0.6) is 5.88 Å². The van der Waals surface area contributed by atoms with E-state index in [1.807, 2.05) is 18.7 Å². The van der Waals surface area contributed by atoms with E-state index < -0.39 is 17.2 Å². The first-order valence-electron chi connectivity index (χ1n) is 11.4. The van der Waals surface area contributed by atoms with Crippen LogP contribution in [-0.2, 0) is 0 Å². The minimum Gasteiger partial charge on any atom is -0.616 e. The fourth-order valence-corrected chi connectivity index (χ4v) is 5.78. The van der Waals surface area contributed by atoms with Gasteiger partial charge in [0.15, 0.2) is 6.20 Å². The summed E-state index contributed by atoms with van der Waals surface area (Å²) in [6, 6.07) is 6.26. The van der Waals surface area contributed by atoms with Crippen LogP contribution < -0.4 is 19.8 Å². The molecule has 2 aromatic heterocycles. The molecule has 1 aromatic carbocycles. The fraction of sp³-hybridized carbons (Fsp3) is 0.375. The third kappa shape index (κ3) is 4.19. The number of fused-ring (bicyclic) bond motifs is 3. The molecule has 1 N–H and O–H groups in total. The summed E-state index contributed by atoms with van der Waals surface area (Å²) in [6.45, 7) is 7.37. The van der Waals surface area contributed by atoms with Gasteiger partial charge in [-0.1, -0.05) is 11.8 Å². The van der Waals surface area contributed by atoms with Crippen molar-refractivity contribution in [2.24, 2.45) is 0 Å². The van der Waals surface area contributed by atoms with Crippen molar-refractivity contribution in [2.75, 3.05) is 44.2 Å². The highest BCUT2D eigenvalue weighted by atomic mass is 32.2. The molecule has 0 amide bonds. The molecule has 0 radical (unpaired) electrons. The monoisotopic (exact) mass is 500 g/mol. The minimum absolute atomic E-state index is 0.0393. The van der Waals surface area contributed by atoms with Crippen molar-refractivity contribution in [1.82, 2.24) is 9.47 Å². The summed E-state index contributed by atoms with van der Waals surface area (Å²) >= 11 is 1.33. The standard InChI is InChI=1S/C24H25FN4O5S/c1-14-3-4-28(33)20(11-14)34-10-9-26-5-7-27(8-6-26)19-13-18-16(12-17(19)25)22(30)21(24(31)32)23-29(18)15(2)35-23/h3-4,11-13,15H,5-10H2,1-2H3,(H,31,32). The van der Waals surface area contributed by atoms with Crippen molar-refractivity contribution < 1.29 is 23.8 Å². The molecule has 1 atom stereocenters. The average Bonchev–Trinajstić information content (AvgIpc) is 2.81. The maximum absolute atomic E-state index is 15.1. The number of aryl methyl sites for hydroxylation is 1. The number of carbonyl (C=O) groups is 1. The van der Waals surface area contributed by atoms with Crippen LogP contribution in [-0.4, -0.2) is 59.9 Å². The summed E-state index contributed by atoms with van der Waals surface area (Å²) in [5, 5.41) is 21.8. The second-order valence-electron chi connectivity index (χ2n) is 8.77. The molecule has 9 nitrogen and oxygen atoms in total. The van der Waals surface area contributed by atoms with E-state index in [-0.39, 0.29) is 22.2 Å². The van der Waals surface area contributed by atoms with Crippen molar-refractivity contribution in [3.63, 3.8) is 0 Å². The van der Waals surface area contributed by atoms with Gasteiger partial charge in [0.2, 0.25) is 5.43 Å². The summed E-state index contributed by atoms with van der Waals surface area (Å²) in [7, 11) is 0. The van der Waals surface area contributed by atoms with Gasteiger partial charge in [0, 0.05) is 44.2 Å². The quantitative estimate of drug-likeness (QED) is 0.407. The molecule has 0 bridgehead atoms. The number of nitrogens with zero attached hydrogens (tertiary/aromatic N) is 4. The SMILES string of the molecule is Cc1cc[n+]([O-])c(OCCN2CCN(c3cc4c(cc3F)c(=O)c(C(=O)O)c3n4C(C)S3)CC2)c1. The number of carboxylic acid groups (broad SMARTS) is 1. The third-order valence-electron chi connectivity index (χ3n) is 6.50. The molecule has 2 aliphatic rings. The first kappa shape index (κ1) is 23.4. The first-order chi connectivity index (χ1) is 16.7. The van der Waals surface area contributed by atoms with Gasteiger partial charge in [-0.15, -0.1) is 4.73 Å². The smallest absolute Gasteiger partial charge is 0.379 e. The number of thioether (sulfide) groups is 1. The number of aromatic carboxylic acids is 1. The number of aromatic nitrogens is 2. The Morgan fingerprint density at radius 1 is 1.29 bits per heavy atom. The minimum atomic E-state index is -1.29. The van der Waals surface area contributed by atoms with E-state index in [0.717, 1.165) is 5.56 Å². The number of piperazine rings is 1. The lowest BCUT2D eigenvalue weighted by Gasteiger charge is -2.37. The highest BCUT2D eigenvalue weighted by Gasteiger charge is 2.33. The number of ether oxygens (including phenoxy) is 1. The molecule has 0 aliphatic carbocycles. The van der Waals surface area contributed by atoms with E-state index in [0.29, 0.717) is 60.3 Å². The van der Waals surface area contributed by atoms with E-state index in [4.69, 9.17) is 4.74 Å². The van der Waals surface area contributed by atoms with Crippen LogP contribution in [0, 0.1) is 17.9 Å². The molecular weight excluding hydrogens is 475 g/mol. The number of hydrogen-bond acceptors (Lipinski definition) is 7. The average molecular weight is 501 g/mol. The topological polar surface area (TPSA) is 102 Å². The van der Waals surface area contributed by atoms with Crippen molar-refractivity contribution in [2.45, 2.75) is 24.2 Å². The van der Waals surface area contributed by atoms with Gasteiger partial charge >= 0.3 is 11.8 Å². The highest BCUT2D eigenvalue weighted by molar-refractivity contribution is 8.00. The lowest BCUT2D eigenvalue weighted by molar-refractivity contribution is -0.613. The molecule has 184 valence electrons. The molecule has 11 heteroatoms. The molecule has 1 fully saturated rings. The normalized spacial score (nSPS) is 17.8. The van der Waals surface area contributed by atoms with E-state index >= 15 is 4.39 Å². The molecule has 2 aliphatic heterocycles. The molecule has 3 aromatic rings. The molecule has 1 unspecified atom stereocenters. The van der Waals surface area contributed by atoms with E-state index in [2.05, 4.69) is 4.90 Å². The number of rotatable bonds is 6. The summed E-state index contributed by atoms with van der Waals surface area (Å²) in [5.74, 6) is -1.56. The highest BCUT2D eigenvalue weighted by Crippen LogP contribution is 2.46. The van der Waals surface area contributed by atoms with Crippen LogP contribution in [0.15, 0.2) is 40.3 Å². The summed E-state index contributed by atoms with van der Waals surface area (Å²) < 4.78 is 23.3. The zero-order valence-electron chi connectivity index (χ0n) is 19.4. The Hall–Kier alpha value is -3.31. The van der Waals surface area contributed by atoms with Gasteiger partial charge in [-0.3, -0.25) is 9.69 Å². The predicted molar refractivity (Wildman–Crippen MR) is 130 cm³/mol. The summed E-state index contributed by atoms with van der Waals surface area (Å²) in [4.78, 5) is 28.6. The Morgan fingerprint density at radius 2 is 2.03 bits per heavy atom. The second kappa shape index (κ2) is 9.04. The van der Waals surface area contributed by atoms with Crippen LogP contribution in [0.1, 0.15) is 28.2 Å². The number of anilines is 1. The van der Waals surface area contributed by atoms with Crippen LogP contribution in [0.3, 0.4) is 0 Å². The van der Waals surface area contributed by atoms with Crippen molar-refractivity contribution in [3.05, 3.63) is 62.8 Å². The fourth-order valence-electron chi connectivity index (χ4n) is 4.63. The van der Waals surface area contributed by atoms with E-state index in [1.165, 1.54) is 24.0 Å². The van der Waals surface area contributed by atoms with Gasteiger partial charge in [0.1, 0.15) is 18.0 Å². The van der Waals surface area contributed by atoms with Crippen LogP contribution in [0.2, 0.25) is 0 Å². The summed E-state index contributed by atoms with van der Waals surface area (Å²) in [6.07, 6.45) is 1.42. The molecule has 5 rings (SSSR count). The van der Waals surface area contributed by atoms with Crippen LogP contribution in [0.25, 0.3) is 10.9 Å². The Bertz CT molecular complexity index is 1390. The van der Waals surface area contributed by atoms with Gasteiger partial charge in [-0.2, -0.15) is 0 Å². The maximum Gasteiger partial charge on any atom is 0.379 e. The maximum atomic E-state index is 15.1. The zero-order chi connectivity index (χ0) is 24.9. The predicted octanol–water partition coefficient (Wildman–Crippen LogP) is 2.61. The second-order valence-corrected chi connectivity index (χ2v) is 10.1. The third-order valence-corrected chi connectivity index (χ3v) is 7.68. The largest absolute Gasteiger partial charge is 0.616 e. The number of carboxylic acids is 1. The Labute approximate surface area is 204 Å². The zero-order valence-corrected chi connectivity index (χ0v) is 20.2. The number of benzene rings is 1. The van der Waals surface area contributed by atoms with Gasteiger partial charge in [0.25, 0.3) is 0 Å². The molecule has 35 heavy (non-hydrogen) atoms. The van der Waals surface area contributed by atoms with Gasteiger partial charge < -0.3 is 24.5 Å². The number of halogens is 1. The summed E-state index contributed by atoms with van der Waals surface area (Å²) in [5.41, 5.74) is 0.958.